The lowest BCUT2D eigenvalue weighted by molar-refractivity contribution is -0.384. The molecular weight excluding hydrogens is 304 g/mol. The Balaban J connectivity index is 1.57. The van der Waals surface area contributed by atoms with E-state index < -0.39 is 4.92 Å². The molecular formula is C18H16N4O2. The topological polar surface area (TPSA) is 80.1 Å². The van der Waals surface area contributed by atoms with E-state index in [4.69, 9.17) is 0 Å². The number of aromatic nitrogens is 1. The lowest BCUT2D eigenvalue weighted by atomic mass is 10.2. The van der Waals surface area contributed by atoms with Crippen LogP contribution in [0.1, 0.15) is 5.56 Å². The molecule has 0 aliphatic rings. The average molecular weight is 320 g/mol. The molecule has 2 N–H and O–H groups in total. The van der Waals surface area contributed by atoms with Gasteiger partial charge in [-0.1, -0.05) is 12.1 Å². The van der Waals surface area contributed by atoms with Gasteiger partial charge in [0.15, 0.2) is 0 Å². The van der Waals surface area contributed by atoms with Crippen molar-refractivity contribution in [3.8, 4) is 0 Å². The Morgan fingerprint density at radius 1 is 0.833 bits per heavy atom. The molecule has 0 atom stereocenters. The molecule has 2 aromatic carbocycles. The second-order valence-electron chi connectivity index (χ2n) is 5.22. The largest absolute Gasteiger partial charge is 0.381 e. The zero-order valence-electron chi connectivity index (χ0n) is 12.8. The molecule has 3 aromatic rings. The van der Waals surface area contributed by atoms with Crippen LogP contribution >= 0.6 is 0 Å². The van der Waals surface area contributed by atoms with E-state index in [-0.39, 0.29) is 5.69 Å². The molecule has 120 valence electrons. The van der Waals surface area contributed by atoms with E-state index in [9.17, 15) is 10.1 Å². The molecule has 24 heavy (non-hydrogen) atoms. The highest BCUT2D eigenvalue weighted by Gasteiger charge is 2.03. The van der Waals surface area contributed by atoms with E-state index in [0.29, 0.717) is 6.54 Å². The number of nitro benzene ring substituents is 1. The predicted octanol–water partition coefficient (Wildman–Crippen LogP) is 4.35. The van der Waals surface area contributed by atoms with Gasteiger partial charge in [0, 0.05) is 48.1 Å². The van der Waals surface area contributed by atoms with E-state index in [1.165, 1.54) is 12.1 Å². The summed E-state index contributed by atoms with van der Waals surface area (Å²) in [6.07, 6.45) is 3.48. The number of hydrogen-bond donors (Lipinski definition) is 2. The first-order chi connectivity index (χ1) is 11.7. The van der Waals surface area contributed by atoms with Gasteiger partial charge in [-0.05, 0) is 42.0 Å². The highest BCUT2D eigenvalue weighted by Crippen LogP contribution is 2.18. The van der Waals surface area contributed by atoms with Gasteiger partial charge in [0.05, 0.1) is 4.92 Å². The average Bonchev–Trinajstić information content (AvgIpc) is 2.62. The fraction of sp³-hybridized carbons (Fsp3) is 0.0556. The molecule has 1 heterocycles. The van der Waals surface area contributed by atoms with Crippen molar-refractivity contribution in [1.82, 2.24) is 4.98 Å². The maximum atomic E-state index is 10.6. The minimum Gasteiger partial charge on any atom is -0.381 e. The van der Waals surface area contributed by atoms with Crippen molar-refractivity contribution >= 4 is 22.7 Å². The minimum absolute atomic E-state index is 0.0899. The number of nitrogens with zero attached hydrogens (tertiary/aromatic N) is 2. The molecule has 1 aromatic heterocycles. The number of rotatable bonds is 6. The third-order valence-corrected chi connectivity index (χ3v) is 3.50. The Bertz CT molecular complexity index is 803. The first kappa shape index (κ1) is 15.5. The monoisotopic (exact) mass is 320 g/mol. The molecule has 0 aliphatic heterocycles. The summed E-state index contributed by atoms with van der Waals surface area (Å²) < 4.78 is 0. The smallest absolute Gasteiger partial charge is 0.269 e. The van der Waals surface area contributed by atoms with Gasteiger partial charge in [-0.3, -0.25) is 15.1 Å². The van der Waals surface area contributed by atoms with E-state index in [1.807, 2.05) is 36.4 Å². The minimum atomic E-state index is -0.404. The van der Waals surface area contributed by atoms with Crippen LogP contribution in [0.25, 0.3) is 0 Å². The van der Waals surface area contributed by atoms with Gasteiger partial charge in [-0.2, -0.15) is 0 Å². The van der Waals surface area contributed by atoms with Crippen LogP contribution in [0.3, 0.4) is 0 Å². The van der Waals surface area contributed by atoms with Crippen LogP contribution in [0.15, 0.2) is 73.1 Å². The molecule has 3 rings (SSSR count). The second-order valence-corrected chi connectivity index (χ2v) is 5.22. The molecule has 0 bridgehead atoms. The normalized spacial score (nSPS) is 10.2. The van der Waals surface area contributed by atoms with Gasteiger partial charge in [-0.15, -0.1) is 0 Å². The van der Waals surface area contributed by atoms with E-state index in [2.05, 4.69) is 15.6 Å². The number of pyridine rings is 1. The Labute approximate surface area is 139 Å². The van der Waals surface area contributed by atoms with E-state index >= 15 is 0 Å². The molecule has 0 amide bonds. The van der Waals surface area contributed by atoms with E-state index in [0.717, 1.165) is 22.6 Å². The molecule has 6 nitrogen and oxygen atoms in total. The van der Waals surface area contributed by atoms with Gasteiger partial charge in [0.2, 0.25) is 0 Å². The zero-order chi connectivity index (χ0) is 16.8. The highest BCUT2D eigenvalue weighted by molar-refractivity contribution is 5.59. The summed E-state index contributed by atoms with van der Waals surface area (Å²) in [7, 11) is 0. The molecule has 0 unspecified atom stereocenters. The summed E-state index contributed by atoms with van der Waals surface area (Å²) in [4.78, 5) is 14.2. The summed E-state index contributed by atoms with van der Waals surface area (Å²) in [6.45, 7) is 0.646. The number of benzene rings is 2. The van der Waals surface area contributed by atoms with Crippen LogP contribution in [0, 0.1) is 10.1 Å². The number of nitro groups is 1. The molecule has 6 heteroatoms. The summed E-state index contributed by atoms with van der Waals surface area (Å²) in [5.74, 6) is 0. The Morgan fingerprint density at radius 2 is 1.42 bits per heavy atom. The summed E-state index contributed by atoms with van der Waals surface area (Å²) in [6, 6.07) is 18.3. The Morgan fingerprint density at radius 3 is 2.04 bits per heavy atom. The fourth-order valence-corrected chi connectivity index (χ4v) is 2.21. The SMILES string of the molecule is O=[N+]([O-])c1ccc(NCc2ccc(Nc3ccncc3)cc2)cc1. The lowest BCUT2D eigenvalue weighted by Gasteiger charge is -2.09. The number of non-ortho nitro benzene ring substituents is 1. The number of anilines is 3. The molecule has 0 fully saturated rings. The first-order valence-corrected chi connectivity index (χ1v) is 7.45. The summed E-state index contributed by atoms with van der Waals surface area (Å²) >= 11 is 0. The molecule has 0 saturated carbocycles. The van der Waals surface area contributed by atoms with Crippen LogP contribution in [0.4, 0.5) is 22.7 Å². The van der Waals surface area contributed by atoms with Gasteiger partial charge in [0.1, 0.15) is 0 Å². The molecule has 0 radical (unpaired) electrons. The Hall–Kier alpha value is -3.41. The van der Waals surface area contributed by atoms with Crippen molar-refractivity contribution in [3.05, 3.63) is 88.7 Å². The van der Waals surface area contributed by atoms with Crippen molar-refractivity contribution in [2.75, 3.05) is 10.6 Å². The summed E-state index contributed by atoms with van der Waals surface area (Å²) in [5, 5.41) is 17.2. The number of nitrogens with one attached hydrogen (secondary N) is 2. The maximum absolute atomic E-state index is 10.6. The zero-order valence-corrected chi connectivity index (χ0v) is 12.8. The quantitative estimate of drug-likeness (QED) is 0.521. The Kier molecular flexibility index (Phi) is 4.67. The van der Waals surface area contributed by atoms with Crippen molar-refractivity contribution in [3.63, 3.8) is 0 Å². The van der Waals surface area contributed by atoms with Crippen molar-refractivity contribution in [2.45, 2.75) is 6.54 Å². The third kappa shape index (κ3) is 4.07. The first-order valence-electron chi connectivity index (χ1n) is 7.45. The highest BCUT2D eigenvalue weighted by atomic mass is 16.6. The molecule has 0 spiro atoms. The van der Waals surface area contributed by atoms with Gasteiger partial charge < -0.3 is 10.6 Å². The van der Waals surface area contributed by atoms with Crippen molar-refractivity contribution < 1.29 is 4.92 Å². The van der Waals surface area contributed by atoms with Crippen LogP contribution in [0.5, 0.6) is 0 Å². The summed E-state index contributed by atoms with van der Waals surface area (Å²) in [5.41, 5.74) is 4.04. The molecule has 0 aliphatic carbocycles. The van der Waals surface area contributed by atoms with Crippen molar-refractivity contribution in [2.24, 2.45) is 0 Å². The lowest BCUT2D eigenvalue weighted by Crippen LogP contribution is -1.99. The van der Waals surface area contributed by atoms with Crippen LogP contribution < -0.4 is 10.6 Å². The van der Waals surface area contributed by atoms with Crippen LogP contribution in [-0.2, 0) is 6.54 Å². The second kappa shape index (κ2) is 7.23. The number of hydrogen-bond acceptors (Lipinski definition) is 5. The fourth-order valence-electron chi connectivity index (χ4n) is 2.21. The van der Waals surface area contributed by atoms with Gasteiger partial charge in [0.25, 0.3) is 5.69 Å². The third-order valence-electron chi connectivity index (χ3n) is 3.50. The van der Waals surface area contributed by atoms with E-state index in [1.54, 1.807) is 24.5 Å². The van der Waals surface area contributed by atoms with Gasteiger partial charge >= 0.3 is 0 Å². The van der Waals surface area contributed by atoms with Crippen molar-refractivity contribution in [1.29, 1.82) is 0 Å². The predicted molar refractivity (Wildman–Crippen MR) is 94.4 cm³/mol. The van der Waals surface area contributed by atoms with Crippen LogP contribution in [-0.4, -0.2) is 9.91 Å². The molecule has 0 saturated heterocycles. The standard InChI is InChI=1S/C18H16N4O2/c23-22(24)18-7-5-15(6-8-18)20-13-14-1-3-16(4-2-14)21-17-9-11-19-12-10-17/h1-12,20H,13H2,(H,19,21). The van der Waals surface area contributed by atoms with Crippen LogP contribution in [0.2, 0.25) is 0 Å². The van der Waals surface area contributed by atoms with Gasteiger partial charge in [-0.25, -0.2) is 0 Å². The maximum Gasteiger partial charge on any atom is 0.269 e.